The Kier molecular flexibility index (Phi) is 4.77. The smallest absolute Gasteiger partial charge is 0.276 e. The third-order valence-electron chi connectivity index (χ3n) is 4.59. The predicted octanol–water partition coefficient (Wildman–Crippen LogP) is 0.506. The Morgan fingerprint density at radius 3 is 2.88 bits per heavy atom. The monoisotopic (exact) mass is 358 g/mol. The van der Waals surface area contributed by atoms with E-state index in [0.717, 1.165) is 44.2 Å². The molecular weight excluding hydrogens is 336 g/mol. The van der Waals surface area contributed by atoms with Crippen molar-refractivity contribution in [1.82, 2.24) is 15.1 Å². The summed E-state index contributed by atoms with van der Waals surface area (Å²) in [6.45, 7) is 5.14. The van der Waals surface area contributed by atoms with Gasteiger partial charge < -0.3 is 19.5 Å². The molecule has 3 aliphatic rings. The van der Waals surface area contributed by atoms with Crippen LogP contribution in [0.4, 0.5) is 0 Å². The molecule has 2 fully saturated rings. The van der Waals surface area contributed by atoms with Gasteiger partial charge in [-0.3, -0.25) is 19.6 Å². The lowest BCUT2D eigenvalue weighted by atomic mass is 10.1. The van der Waals surface area contributed by atoms with Gasteiger partial charge in [-0.1, -0.05) is 6.07 Å². The first-order valence-electron chi connectivity index (χ1n) is 8.72. The molecule has 1 amide bonds. The van der Waals surface area contributed by atoms with E-state index in [1.54, 1.807) is 13.1 Å². The van der Waals surface area contributed by atoms with Crippen molar-refractivity contribution in [2.45, 2.75) is 0 Å². The van der Waals surface area contributed by atoms with E-state index in [4.69, 9.17) is 14.2 Å². The number of rotatable bonds is 4. The number of nitrogens with one attached hydrogen (secondary N) is 1. The van der Waals surface area contributed by atoms with E-state index in [1.165, 1.54) is 4.90 Å². The molecular formula is C18H22N4O4. The number of carbonyl (C=O) groups is 1. The van der Waals surface area contributed by atoms with Crippen LogP contribution in [0.25, 0.3) is 6.08 Å². The standard InChI is InChI=1S/C18H22N4O4/c1-21-17(23)14(10-13-2-3-15-16(11-13)26-12-25-15)20-18(21)19-4-5-22-6-8-24-9-7-22/h2-3,10-11H,4-9,12H2,1H3,(H,19,20)/b14-10-. The van der Waals surface area contributed by atoms with Gasteiger partial charge in [-0.05, 0) is 23.8 Å². The molecule has 0 spiro atoms. The molecule has 138 valence electrons. The average Bonchev–Trinajstić information content (AvgIpc) is 3.23. The third-order valence-corrected chi connectivity index (χ3v) is 4.59. The van der Waals surface area contributed by atoms with Gasteiger partial charge in [-0.25, -0.2) is 0 Å². The van der Waals surface area contributed by atoms with Crippen LogP contribution in [0.15, 0.2) is 28.9 Å². The Hall–Kier alpha value is -2.58. The van der Waals surface area contributed by atoms with Crippen molar-refractivity contribution < 1.29 is 19.0 Å². The average molecular weight is 358 g/mol. The molecule has 1 aromatic rings. The highest BCUT2D eigenvalue weighted by Crippen LogP contribution is 2.33. The number of morpholine rings is 1. The number of nitrogens with zero attached hydrogens (tertiary/aromatic N) is 3. The number of aliphatic imine (C=N–C) groups is 1. The van der Waals surface area contributed by atoms with Crippen LogP contribution in [0.5, 0.6) is 11.5 Å². The number of hydrogen-bond acceptors (Lipinski definition) is 6. The molecule has 8 nitrogen and oxygen atoms in total. The quantitative estimate of drug-likeness (QED) is 0.791. The van der Waals surface area contributed by atoms with Crippen molar-refractivity contribution in [3.63, 3.8) is 0 Å². The second-order valence-corrected chi connectivity index (χ2v) is 6.32. The maximum Gasteiger partial charge on any atom is 0.276 e. The number of benzene rings is 1. The lowest BCUT2D eigenvalue weighted by Crippen LogP contribution is -2.38. The van der Waals surface area contributed by atoms with Gasteiger partial charge in [0, 0.05) is 26.7 Å². The van der Waals surface area contributed by atoms with Crippen molar-refractivity contribution in [2.75, 3.05) is 53.2 Å². The molecule has 0 bridgehead atoms. The van der Waals surface area contributed by atoms with Crippen LogP contribution in [0.1, 0.15) is 5.56 Å². The molecule has 26 heavy (non-hydrogen) atoms. The van der Waals surface area contributed by atoms with E-state index >= 15 is 0 Å². The molecule has 0 unspecified atom stereocenters. The predicted molar refractivity (Wildman–Crippen MR) is 96.0 cm³/mol. The highest BCUT2D eigenvalue weighted by Gasteiger charge is 2.28. The molecule has 1 aromatic carbocycles. The van der Waals surface area contributed by atoms with Crippen LogP contribution in [0.2, 0.25) is 0 Å². The number of ether oxygens (including phenoxy) is 3. The fourth-order valence-corrected chi connectivity index (χ4v) is 3.07. The van der Waals surface area contributed by atoms with E-state index in [9.17, 15) is 4.79 Å². The molecule has 2 saturated heterocycles. The minimum absolute atomic E-state index is 0.104. The van der Waals surface area contributed by atoms with E-state index < -0.39 is 0 Å². The van der Waals surface area contributed by atoms with Gasteiger partial charge in [-0.15, -0.1) is 0 Å². The Bertz CT molecular complexity index is 756. The van der Waals surface area contributed by atoms with Crippen LogP contribution in [-0.2, 0) is 9.53 Å². The summed E-state index contributed by atoms with van der Waals surface area (Å²) < 4.78 is 16.0. The van der Waals surface area contributed by atoms with Crippen molar-refractivity contribution in [3.8, 4) is 11.5 Å². The molecule has 8 heteroatoms. The summed E-state index contributed by atoms with van der Waals surface area (Å²) in [5.74, 6) is 1.89. The normalized spacial score (nSPS) is 23.1. The van der Waals surface area contributed by atoms with Crippen molar-refractivity contribution in [3.05, 3.63) is 29.5 Å². The zero-order valence-electron chi connectivity index (χ0n) is 14.7. The lowest BCUT2D eigenvalue weighted by molar-refractivity contribution is -0.121. The van der Waals surface area contributed by atoms with Gasteiger partial charge in [0.1, 0.15) is 5.70 Å². The second kappa shape index (κ2) is 7.35. The largest absolute Gasteiger partial charge is 0.454 e. The first-order chi connectivity index (χ1) is 12.7. The minimum Gasteiger partial charge on any atom is -0.454 e. The number of amides is 1. The SMILES string of the molecule is CN1C(=O)/C(=C/c2ccc3c(c2)OCO3)NC1=NCCN1CCOCC1. The molecule has 3 heterocycles. The van der Waals surface area contributed by atoms with Crippen LogP contribution >= 0.6 is 0 Å². The van der Waals surface area contributed by atoms with Gasteiger partial charge in [0.15, 0.2) is 11.5 Å². The van der Waals surface area contributed by atoms with Crippen LogP contribution < -0.4 is 14.8 Å². The minimum atomic E-state index is -0.104. The molecule has 0 saturated carbocycles. The van der Waals surface area contributed by atoms with E-state index in [1.807, 2.05) is 18.2 Å². The highest BCUT2D eigenvalue weighted by molar-refractivity contribution is 6.15. The summed E-state index contributed by atoms with van der Waals surface area (Å²) in [7, 11) is 1.73. The zero-order valence-corrected chi connectivity index (χ0v) is 14.7. The fraction of sp³-hybridized carbons (Fsp3) is 0.444. The number of hydrogen-bond donors (Lipinski definition) is 1. The summed E-state index contributed by atoms with van der Waals surface area (Å²) in [6, 6.07) is 5.59. The van der Waals surface area contributed by atoms with Crippen LogP contribution in [-0.4, -0.2) is 74.9 Å². The summed E-state index contributed by atoms with van der Waals surface area (Å²) in [5.41, 5.74) is 1.37. The summed E-state index contributed by atoms with van der Waals surface area (Å²) in [4.78, 5) is 20.8. The van der Waals surface area contributed by atoms with Crippen LogP contribution in [0, 0.1) is 0 Å². The highest BCUT2D eigenvalue weighted by atomic mass is 16.7. The Labute approximate surface area is 152 Å². The summed E-state index contributed by atoms with van der Waals surface area (Å²) in [6.07, 6.45) is 1.80. The van der Waals surface area contributed by atoms with Gasteiger partial charge in [0.05, 0.1) is 19.8 Å². The maximum absolute atomic E-state index is 12.5. The molecule has 1 N–H and O–H groups in total. The zero-order chi connectivity index (χ0) is 17.9. The summed E-state index contributed by atoms with van der Waals surface area (Å²) in [5, 5.41) is 3.12. The second-order valence-electron chi connectivity index (χ2n) is 6.32. The molecule has 0 radical (unpaired) electrons. The number of fused-ring (bicyclic) bond motifs is 1. The molecule has 4 rings (SSSR count). The maximum atomic E-state index is 12.5. The Balaban J connectivity index is 1.42. The number of carbonyl (C=O) groups excluding carboxylic acids is 1. The van der Waals surface area contributed by atoms with E-state index in [0.29, 0.717) is 24.0 Å². The van der Waals surface area contributed by atoms with E-state index in [2.05, 4.69) is 15.2 Å². The van der Waals surface area contributed by atoms with Gasteiger partial charge in [-0.2, -0.15) is 0 Å². The molecule has 0 aliphatic carbocycles. The van der Waals surface area contributed by atoms with Crippen LogP contribution in [0.3, 0.4) is 0 Å². The number of likely N-dealkylation sites (N-methyl/N-ethyl adjacent to an activating group) is 1. The fourth-order valence-electron chi connectivity index (χ4n) is 3.07. The van der Waals surface area contributed by atoms with Gasteiger partial charge >= 0.3 is 0 Å². The van der Waals surface area contributed by atoms with Gasteiger partial charge in [0.2, 0.25) is 12.8 Å². The first-order valence-corrected chi connectivity index (χ1v) is 8.72. The Morgan fingerprint density at radius 2 is 2.04 bits per heavy atom. The van der Waals surface area contributed by atoms with Crippen molar-refractivity contribution in [1.29, 1.82) is 0 Å². The van der Waals surface area contributed by atoms with Crippen molar-refractivity contribution in [2.24, 2.45) is 4.99 Å². The molecule has 0 atom stereocenters. The van der Waals surface area contributed by atoms with Crippen molar-refractivity contribution >= 4 is 17.9 Å². The summed E-state index contributed by atoms with van der Waals surface area (Å²) >= 11 is 0. The first kappa shape index (κ1) is 16.9. The van der Waals surface area contributed by atoms with E-state index in [-0.39, 0.29) is 12.7 Å². The molecule has 3 aliphatic heterocycles. The Morgan fingerprint density at radius 1 is 1.23 bits per heavy atom. The lowest BCUT2D eigenvalue weighted by Gasteiger charge is -2.25. The van der Waals surface area contributed by atoms with Gasteiger partial charge in [0.25, 0.3) is 5.91 Å². The topological polar surface area (TPSA) is 75.6 Å². The molecule has 0 aromatic heterocycles. The third kappa shape index (κ3) is 3.51. The number of guanidine groups is 1.